The van der Waals surface area contributed by atoms with Gasteiger partial charge < -0.3 is 14.4 Å². The molecule has 0 amide bonds. The maximum absolute atomic E-state index is 11.6. The molecule has 1 fully saturated rings. The second-order valence-electron chi connectivity index (χ2n) is 4.38. The van der Waals surface area contributed by atoms with Gasteiger partial charge in [0.05, 0.1) is 19.7 Å². The second-order valence-corrected chi connectivity index (χ2v) is 4.38. The zero-order valence-corrected chi connectivity index (χ0v) is 10.5. The van der Waals surface area contributed by atoms with Gasteiger partial charge in [0, 0.05) is 5.46 Å². The lowest BCUT2D eigenvalue weighted by Crippen LogP contribution is -2.47. The topological polar surface area (TPSA) is 76.1 Å². The van der Waals surface area contributed by atoms with Gasteiger partial charge in [-0.25, -0.2) is 0 Å². The van der Waals surface area contributed by atoms with Crippen LogP contribution in [0.4, 0.5) is 0 Å². The van der Waals surface area contributed by atoms with E-state index in [9.17, 15) is 9.59 Å². The van der Waals surface area contributed by atoms with Crippen molar-refractivity contribution >= 4 is 24.5 Å². The van der Waals surface area contributed by atoms with Gasteiger partial charge in [-0.15, -0.1) is 0 Å². The van der Waals surface area contributed by atoms with E-state index in [1.807, 2.05) is 0 Å². The van der Waals surface area contributed by atoms with Crippen molar-refractivity contribution in [1.82, 2.24) is 4.90 Å². The summed E-state index contributed by atoms with van der Waals surface area (Å²) in [6.45, 7) is 0.00988. The largest absolute Gasteiger partial charge is 0.636 e. The third-order valence-electron chi connectivity index (χ3n) is 2.71. The first-order valence-corrected chi connectivity index (χ1v) is 5.85. The fraction of sp³-hybridized carbons (Fsp3) is 0.333. The van der Waals surface area contributed by atoms with Crippen molar-refractivity contribution in [3.63, 3.8) is 0 Å². The van der Waals surface area contributed by atoms with Crippen molar-refractivity contribution in [3.05, 3.63) is 29.8 Å². The third kappa shape index (κ3) is 3.55. The molecule has 1 aromatic rings. The number of carbonyl (C=O) groups excluding carboxylic acids is 2. The summed E-state index contributed by atoms with van der Waals surface area (Å²) in [6, 6.07) is 6.67. The van der Waals surface area contributed by atoms with E-state index in [0.717, 1.165) is 5.56 Å². The fourth-order valence-electron chi connectivity index (χ4n) is 1.75. The number of rotatable bonds is 2. The predicted molar refractivity (Wildman–Crippen MR) is 67.4 cm³/mol. The highest BCUT2D eigenvalue weighted by atomic mass is 16.6. The Bertz CT molecular complexity index is 456. The lowest BCUT2D eigenvalue weighted by Gasteiger charge is -2.22. The van der Waals surface area contributed by atoms with Crippen LogP contribution in [0.25, 0.3) is 0 Å². The molecule has 0 radical (unpaired) electrons. The monoisotopic (exact) mass is 263 g/mol. The van der Waals surface area contributed by atoms with Crippen LogP contribution >= 0.6 is 0 Å². The first-order chi connectivity index (χ1) is 9.08. The molecule has 1 N–H and O–H groups in total. The summed E-state index contributed by atoms with van der Waals surface area (Å²) < 4.78 is 10.2. The highest BCUT2D eigenvalue weighted by Crippen LogP contribution is 2.03. The zero-order chi connectivity index (χ0) is 13.8. The molecule has 6 nitrogen and oxygen atoms in total. The number of hydrogen-bond donors (Lipinski definition) is 1. The summed E-state index contributed by atoms with van der Waals surface area (Å²) in [5.74, 6) is -0.905. The van der Waals surface area contributed by atoms with E-state index >= 15 is 0 Å². The van der Waals surface area contributed by atoms with Crippen LogP contribution in [0.5, 0.6) is 0 Å². The van der Waals surface area contributed by atoms with Crippen LogP contribution < -0.4 is 5.46 Å². The molecule has 1 aliphatic rings. The lowest BCUT2D eigenvalue weighted by molar-refractivity contribution is -0.145. The molecule has 0 aliphatic carbocycles. The number of aliphatic hydroxyl groups is 1. The standard InChI is InChI=1S/C12H14BNO5/c1-14-6-11(16)18-13(19-12(17)7-14)10-4-2-9(8-15)3-5-10/h2-5,15H,6-8H2,1H3. The van der Waals surface area contributed by atoms with Gasteiger partial charge in [-0.05, 0) is 12.6 Å². The van der Waals surface area contributed by atoms with Crippen molar-refractivity contribution < 1.29 is 24.0 Å². The summed E-state index contributed by atoms with van der Waals surface area (Å²) in [7, 11) is 0.611. The quantitative estimate of drug-likeness (QED) is 0.683. The van der Waals surface area contributed by atoms with Gasteiger partial charge in [-0.3, -0.25) is 14.5 Å². The third-order valence-corrected chi connectivity index (χ3v) is 2.71. The van der Waals surface area contributed by atoms with E-state index in [0.29, 0.717) is 5.46 Å². The summed E-state index contributed by atoms with van der Waals surface area (Å²) in [5, 5.41) is 8.96. The maximum atomic E-state index is 11.6. The Hall–Kier alpha value is -1.86. The zero-order valence-electron chi connectivity index (χ0n) is 10.5. The van der Waals surface area contributed by atoms with Crippen molar-refractivity contribution in [2.45, 2.75) is 6.61 Å². The maximum Gasteiger partial charge on any atom is 0.636 e. The molecule has 0 bridgehead atoms. The molecular formula is C12H14BNO5. The molecule has 1 heterocycles. The summed E-state index contributed by atoms with van der Waals surface area (Å²) in [6.07, 6.45) is 0. The number of nitrogens with zero attached hydrogens (tertiary/aromatic N) is 1. The highest BCUT2D eigenvalue weighted by molar-refractivity contribution is 6.64. The summed E-state index contributed by atoms with van der Waals surface area (Å²) in [5.41, 5.74) is 1.29. The van der Waals surface area contributed by atoms with Crippen LogP contribution in [0, 0.1) is 0 Å². The van der Waals surface area contributed by atoms with Gasteiger partial charge in [-0.2, -0.15) is 0 Å². The number of hydrogen-bond acceptors (Lipinski definition) is 6. The lowest BCUT2D eigenvalue weighted by atomic mass is 9.78. The Morgan fingerprint density at radius 2 is 1.68 bits per heavy atom. The number of benzene rings is 1. The minimum atomic E-state index is -1.03. The van der Waals surface area contributed by atoms with Crippen LogP contribution in [0.2, 0.25) is 0 Å². The first-order valence-electron chi connectivity index (χ1n) is 5.85. The molecule has 0 saturated carbocycles. The fourth-order valence-corrected chi connectivity index (χ4v) is 1.75. The average Bonchev–Trinajstić information content (AvgIpc) is 2.36. The minimum absolute atomic E-state index is 0.0420. The van der Waals surface area contributed by atoms with Gasteiger partial charge in [0.15, 0.2) is 0 Å². The van der Waals surface area contributed by atoms with Crippen molar-refractivity contribution in [2.75, 3.05) is 20.1 Å². The van der Waals surface area contributed by atoms with Gasteiger partial charge >= 0.3 is 19.1 Å². The number of aliphatic hydroxyl groups excluding tert-OH is 1. The molecular weight excluding hydrogens is 249 g/mol. The molecule has 7 heteroatoms. The van der Waals surface area contributed by atoms with Crippen LogP contribution in [0.15, 0.2) is 24.3 Å². The van der Waals surface area contributed by atoms with Crippen molar-refractivity contribution in [3.8, 4) is 0 Å². The van der Waals surface area contributed by atoms with E-state index in [-0.39, 0.29) is 19.7 Å². The number of likely N-dealkylation sites (N-methyl/N-ethyl adjacent to an activating group) is 1. The van der Waals surface area contributed by atoms with Gasteiger partial charge in [0.2, 0.25) is 0 Å². The Labute approximate surface area is 111 Å². The van der Waals surface area contributed by atoms with E-state index in [1.165, 1.54) is 4.90 Å². The Kier molecular flexibility index (Phi) is 4.18. The molecule has 0 unspecified atom stereocenters. The van der Waals surface area contributed by atoms with E-state index in [4.69, 9.17) is 14.4 Å². The van der Waals surface area contributed by atoms with Crippen LogP contribution in [0.1, 0.15) is 5.56 Å². The Balaban J connectivity index is 2.16. The van der Waals surface area contributed by atoms with Crippen LogP contribution in [0.3, 0.4) is 0 Å². The van der Waals surface area contributed by atoms with E-state index in [2.05, 4.69) is 0 Å². The molecule has 0 spiro atoms. The molecule has 19 heavy (non-hydrogen) atoms. The molecule has 1 saturated heterocycles. The SMILES string of the molecule is CN1CC(=O)OB(c2ccc(CO)cc2)OC(=O)C1. The van der Waals surface area contributed by atoms with E-state index < -0.39 is 19.1 Å². The second kappa shape index (κ2) is 5.86. The van der Waals surface area contributed by atoms with Crippen LogP contribution in [-0.2, 0) is 25.5 Å². The normalized spacial score (nSPS) is 17.5. The van der Waals surface area contributed by atoms with Gasteiger partial charge in [-0.1, -0.05) is 24.3 Å². The number of carbonyl (C=O) groups is 2. The molecule has 1 aliphatic heterocycles. The molecule has 100 valence electrons. The highest BCUT2D eigenvalue weighted by Gasteiger charge is 2.33. The average molecular weight is 263 g/mol. The summed E-state index contributed by atoms with van der Waals surface area (Å²) >= 11 is 0. The van der Waals surface area contributed by atoms with Crippen molar-refractivity contribution in [2.24, 2.45) is 0 Å². The van der Waals surface area contributed by atoms with Gasteiger partial charge in [0.25, 0.3) is 0 Å². The first kappa shape index (κ1) is 13.6. The van der Waals surface area contributed by atoms with E-state index in [1.54, 1.807) is 31.3 Å². The smallest absolute Gasteiger partial charge is 0.494 e. The Morgan fingerprint density at radius 3 is 2.16 bits per heavy atom. The van der Waals surface area contributed by atoms with Crippen molar-refractivity contribution in [1.29, 1.82) is 0 Å². The molecule has 1 aromatic carbocycles. The van der Waals surface area contributed by atoms with Gasteiger partial charge in [0.1, 0.15) is 0 Å². The Morgan fingerprint density at radius 1 is 1.16 bits per heavy atom. The summed E-state index contributed by atoms with van der Waals surface area (Å²) in [4.78, 5) is 24.7. The predicted octanol–water partition coefficient (Wildman–Crippen LogP) is -1.09. The van der Waals surface area contributed by atoms with Crippen LogP contribution in [-0.4, -0.2) is 49.2 Å². The molecule has 0 aromatic heterocycles. The molecule has 2 rings (SSSR count). The minimum Gasteiger partial charge on any atom is -0.494 e. The molecule has 0 atom stereocenters.